The minimum absolute atomic E-state index is 0.708. The molecule has 0 bridgehead atoms. The molecule has 0 aliphatic rings. The van der Waals surface area contributed by atoms with Crippen molar-refractivity contribution in [3.8, 4) is 0 Å². The highest BCUT2D eigenvalue weighted by Gasteiger charge is 2.21. The normalized spacial score (nSPS) is 11.7. The van der Waals surface area contributed by atoms with Gasteiger partial charge in [-0.05, 0) is 31.5 Å². The van der Waals surface area contributed by atoms with Crippen LogP contribution < -0.4 is 5.44 Å². The van der Waals surface area contributed by atoms with Crippen LogP contribution in [0.4, 0.5) is 0 Å². The molecule has 0 saturated heterocycles. The van der Waals surface area contributed by atoms with Gasteiger partial charge in [-0.25, -0.2) is 0 Å². The monoisotopic (exact) mass is 211 g/mol. The Bertz CT molecular complexity index is 345. The molecule has 0 unspecified atom stereocenters. The van der Waals surface area contributed by atoms with E-state index in [2.05, 4.69) is 4.98 Å². The predicted molar refractivity (Wildman–Crippen MR) is 62.0 cm³/mol. The Morgan fingerprint density at radius 3 is 2.21 bits per heavy atom. The highest BCUT2D eigenvalue weighted by atomic mass is 31.2. The van der Waals surface area contributed by atoms with Crippen LogP contribution in [0.3, 0.4) is 0 Å². The Kier molecular flexibility index (Phi) is 3.49. The van der Waals surface area contributed by atoms with Gasteiger partial charge in [0.2, 0.25) is 0 Å². The van der Waals surface area contributed by atoms with Gasteiger partial charge in [0.25, 0.3) is 0 Å². The number of rotatable bonds is 3. The van der Waals surface area contributed by atoms with Crippen molar-refractivity contribution < 1.29 is 4.57 Å². The lowest BCUT2D eigenvalue weighted by Gasteiger charge is -2.14. The van der Waals surface area contributed by atoms with E-state index in [1.807, 2.05) is 39.8 Å². The molecule has 0 aliphatic carbocycles. The maximum atomic E-state index is 12.4. The number of nitrogens with zero attached hydrogens (tertiary/aromatic N) is 1. The van der Waals surface area contributed by atoms with E-state index in [0.717, 1.165) is 16.7 Å². The number of aryl methyl sites for hydroxylation is 2. The van der Waals surface area contributed by atoms with E-state index in [-0.39, 0.29) is 0 Å². The molecule has 3 heteroatoms. The van der Waals surface area contributed by atoms with Gasteiger partial charge in [-0.2, -0.15) is 0 Å². The molecule has 0 N–H and O–H groups in total. The smallest absolute Gasteiger partial charge is 0.132 e. The summed E-state index contributed by atoms with van der Waals surface area (Å²) in [6.45, 7) is 7.92. The molecule has 2 nitrogen and oxygen atoms in total. The standard InChI is InChI=1S/C11H18NOP/c1-5-14(13,6-2)11-8-9(3)7-10(4)12-11/h7-8H,5-6H2,1-4H3. The van der Waals surface area contributed by atoms with Crippen molar-refractivity contribution in [1.82, 2.24) is 4.98 Å². The van der Waals surface area contributed by atoms with Crippen LogP contribution in [0.15, 0.2) is 12.1 Å². The maximum Gasteiger partial charge on any atom is 0.132 e. The molecule has 78 valence electrons. The molecule has 0 fully saturated rings. The fourth-order valence-electron chi connectivity index (χ4n) is 1.58. The third kappa shape index (κ3) is 2.24. The van der Waals surface area contributed by atoms with E-state index in [1.54, 1.807) is 0 Å². The van der Waals surface area contributed by atoms with Gasteiger partial charge < -0.3 is 4.57 Å². The predicted octanol–water partition coefficient (Wildman–Crippen LogP) is 2.73. The molecule has 14 heavy (non-hydrogen) atoms. The van der Waals surface area contributed by atoms with E-state index in [4.69, 9.17) is 0 Å². The summed E-state index contributed by atoms with van der Waals surface area (Å²) in [7, 11) is -2.20. The highest BCUT2D eigenvalue weighted by Crippen LogP contribution is 2.42. The molecule has 1 aromatic rings. The Balaban J connectivity index is 3.24. The Hall–Kier alpha value is -0.620. The van der Waals surface area contributed by atoms with Crippen LogP contribution in [-0.4, -0.2) is 17.3 Å². The molecule has 1 rings (SSSR count). The van der Waals surface area contributed by atoms with E-state index < -0.39 is 7.14 Å². The molecule has 1 aromatic heterocycles. The van der Waals surface area contributed by atoms with E-state index in [9.17, 15) is 4.57 Å². The average Bonchev–Trinajstić information content (AvgIpc) is 2.15. The molecule has 0 aliphatic heterocycles. The number of hydrogen-bond donors (Lipinski definition) is 0. The van der Waals surface area contributed by atoms with Crippen LogP contribution in [0, 0.1) is 13.8 Å². The van der Waals surface area contributed by atoms with Gasteiger partial charge in [-0.3, -0.25) is 4.98 Å². The van der Waals surface area contributed by atoms with Crippen LogP contribution >= 0.6 is 7.14 Å². The lowest BCUT2D eigenvalue weighted by Crippen LogP contribution is -2.14. The number of aromatic nitrogens is 1. The van der Waals surface area contributed by atoms with Gasteiger partial charge in [0.15, 0.2) is 0 Å². The molecule has 0 spiro atoms. The van der Waals surface area contributed by atoms with E-state index in [1.165, 1.54) is 0 Å². The summed E-state index contributed by atoms with van der Waals surface area (Å²) >= 11 is 0. The lowest BCUT2D eigenvalue weighted by molar-refractivity contribution is 0.582. The van der Waals surface area contributed by atoms with Crippen LogP contribution in [0.25, 0.3) is 0 Å². The first-order chi connectivity index (χ1) is 6.51. The molecular formula is C11H18NOP. The first-order valence-electron chi connectivity index (χ1n) is 5.05. The van der Waals surface area contributed by atoms with Crippen LogP contribution in [0.5, 0.6) is 0 Å². The SMILES string of the molecule is CCP(=O)(CC)c1cc(C)cc(C)n1. The second-order valence-corrected chi connectivity index (χ2v) is 7.17. The molecule has 0 saturated carbocycles. The fraction of sp³-hybridized carbons (Fsp3) is 0.545. The minimum atomic E-state index is -2.20. The number of hydrogen-bond acceptors (Lipinski definition) is 2. The second-order valence-electron chi connectivity index (χ2n) is 3.67. The minimum Gasteiger partial charge on any atom is -0.317 e. The summed E-state index contributed by atoms with van der Waals surface area (Å²) in [5.74, 6) is 0. The number of pyridine rings is 1. The first-order valence-corrected chi connectivity index (χ1v) is 7.13. The lowest BCUT2D eigenvalue weighted by atomic mass is 10.3. The zero-order chi connectivity index (χ0) is 10.8. The van der Waals surface area contributed by atoms with Gasteiger partial charge in [0.05, 0.1) is 0 Å². The molecule has 0 radical (unpaired) electrons. The van der Waals surface area contributed by atoms with Gasteiger partial charge >= 0.3 is 0 Å². The van der Waals surface area contributed by atoms with Crippen LogP contribution in [0.1, 0.15) is 25.1 Å². The Morgan fingerprint density at radius 2 is 1.79 bits per heavy atom. The summed E-state index contributed by atoms with van der Waals surface area (Å²) in [4.78, 5) is 4.38. The summed E-state index contributed by atoms with van der Waals surface area (Å²) in [6, 6.07) is 3.97. The highest BCUT2D eigenvalue weighted by molar-refractivity contribution is 7.71. The van der Waals surface area contributed by atoms with Gasteiger partial charge in [-0.1, -0.05) is 13.8 Å². The van der Waals surface area contributed by atoms with Gasteiger partial charge in [0.1, 0.15) is 12.6 Å². The Labute approximate surface area is 86.1 Å². The van der Waals surface area contributed by atoms with Gasteiger partial charge in [-0.15, -0.1) is 0 Å². The van der Waals surface area contributed by atoms with Crippen molar-refractivity contribution >= 4 is 12.6 Å². The van der Waals surface area contributed by atoms with Gasteiger partial charge in [0, 0.05) is 18.0 Å². The molecule has 0 amide bonds. The van der Waals surface area contributed by atoms with Crippen molar-refractivity contribution in [3.63, 3.8) is 0 Å². The zero-order valence-corrected chi connectivity index (χ0v) is 10.3. The van der Waals surface area contributed by atoms with Crippen LogP contribution in [0.2, 0.25) is 0 Å². The van der Waals surface area contributed by atoms with Crippen LogP contribution in [-0.2, 0) is 4.57 Å². The van der Waals surface area contributed by atoms with Crippen molar-refractivity contribution in [1.29, 1.82) is 0 Å². The molecule has 0 aromatic carbocycles. The van der Waals surface area contributed by atoms with E-state index >= 15 is 0 Å². The molecule has 1 heterocycles. The zero-order valence-electron chi connectivity index (χ0n) is 9.37. The molecular weight excluding hydrogens is 193 g/mol. The Morgan fingerprint density at radius 1 is 1.21 bits per heavy atom. The summed E-state index contributed by atoms with van der Waals surface area (Å²) < 4.78 is 12.4. The summed E-state index contributed by atoms with van der Waals surface area (Å²) in [5, 5.41) is 0. The third-order valence-electron chi connectivity index (χ3n) is 2.52. The largest absolute Gasteiger partial charge is 0.317 e. The van der Waals surface area contributed by atoms with Crippen molar-refractivity contribution in [2.75, 3.05) is 12.3 Å². The van der Waals surface area contributed by atoms with E-state index in [0.29, 0.717) is 12.3 Å². The third-order valence-corrected chi connectivity index (χ3v) is 5.63. The quantitative estimate of drug-likeness (QED) is 0.719. The second kappa shape index (κ2) is 4.27. The summed E-state index contributed by atoms with van der Waals surface area (Å²) in [6.07, 6.45) is 1.42. The molecule has 0 atom stereocenters. The summed E-state index contributed by atoms with van der Waals surface area (Å²) in [5.41, 5.74) is 2.91. The maximum absolute atomic E-state index is 12.4. The first kappa shape index (κ1) is 11.5. The van der Waals surface area contributed by atoms with Crippen molar-refractivity contribution in [3.05, 3.63) is 23.4 Å². The van der Waals surface area contributed by atoms with Crippen molar-refractivity contribution in [2.45, 2.75) is 27.7 Å². The topological polar surface area (TPSA) is 30.0 Å². The average molecular weight is 211 g/mol. The van der Waals surface area contributed by atoms with Crippen molar-refractivity contribution in [2.24, 2.45) is 0 Å². The fourth-order valence-corrected chi connectivity index (χ4v) is 3.45.